The zero-order chi connectivity index (χ0) is 26.8. The van der Waals surface area contributed by atoms with Crippen LogP contribution in [0.15, 0.2) is 44.5 Å². The molecule has 0 spiro atoms. The molecule has 4 rings (SSSR count). The molecule has 11 nitrogen and oxygen atoms in total. The Morgan fingerprint density at radius 3 is 2.22 bits per heavy atom. The highest BCUT2D eigenvalue weighted by molar-refractivity contribution is 7.91. The standard InChI is InChI=1S/C24H32N4O7S2/c1-4-33-21-12-16(13-22(34-5-2)23(21)36(3,29)30)15-28-10-8-17(9-11-28)26-24-27-19-14-18(37(25,31)32)6-7-20(19)35-24/h6-7,12-14,17H,4-5,8-11,15H2,1-3H3,(H,26,27)(H2,25,31,32). The van der Waals surface area contributed by atoms with Crippen LogP contribution in [0, 0.1) is 0 Å². The molecule has 0 amide bonds. The van der Waals surface area contributed by atoms with Crippen LogP contribution in [0.25, 0.3) is 11.1 Å². The largest absolute Gasteiger partial charge is 0.492 e. The van der Waals surface area contributed by atoms with Crippen molar-refractivity contribution in [2.45, 2.75) is 49.1 Å². The third-order valence-electron chi connectivity index (χ3n) is 6.06. The molecule has 1 fully saturated rings. The molecule has 1 aliphatic heterocycles. The van der Waals surface area contributed by atoms with Crippen LogP contribution >= 0.6 is 0 Å². The number of anilines is 1. The number of hydrogen-bond donors (Lipinski definition) is 2. The van der Waals surface area contributed by atoms with E-state index in [1.54, 1.807) is 12.1 Å². The quantitative estimate of drug-likeness (QED) is 0.384. The van der Waals surface area contributed by atoms with Crippen molar-refractivity contribution in [3.05, 3.63) is 35.9 Å². The smallest absolute Gasteiger partial charge is 0.295 e. The number of sulfone groups is 1. The Hall–Kier alpha value is -2.87. The summed E-state index contributed by atoms with van der Waals surface area (Å²) in [4.78, 5) is 6.71. The summed E-state index contributed by atoms with van der Waals surface area (Å²) in [5, 5.41) is 8.49. The molecule has 2 heterocycles. The number of oxazole rings is 1. The van der Waals surface area contributed by atoms with Crippen LogP contribution in [-0.2, 0) is 26.4 Å². The normalized spacial score (nSPS) is 15.7. The van der Waals surface area contributed by atoms with Crippen molar-refractivity contribution in [3.63, 3.8) is 0 Å². The van der Waals surface area contributed by atoms with Crippen LogP contribution in [0.5, 0.6) is 11.5 Å². The van der Waals surface area contributed by atoms with Crippen LogP contribution in [-0.4, -0.2) is 65.3 Å². The summed E-state index contributed by atoms with van der Waals surface area (Å²) in [6.45, 7) is 6.53. The molecule has 0 aliphatic carbocycles. The predicted octanol–water partition coefficient (Wildman–Crippen LogP) is 2.75. The second-order valence-corrected chi connectivity index (χ2v) is 12.5. The van der Waals surface area contributed by atoms with Gasteiger partial charge in [0.1, 0.15) is 17.0 Å². The second-order valence-electron chi connectivity index (χ2n) is 8.95. The van der Waals surface area contributed by atoms with Gasteiger partial charge in [0.05, 0.1) is 18.1 Å². The highest BCUT2D eigenvalue weighted by Gasteiger charge is 2.25. The van der Waals surface area contributed by atoms with Gasteiger partial charge < -0.3 is 19.2 Å². The Morgan fingerprint density at radius 1 is 1.05 bits per heavy atom. The molecule has 0 unspecified atom stereocenters. The van der Waals surface area contributed by atoms with Crippen molar-refractivity contribution >= 4 is 37.0 Å². The zero-order valence-electron chi connectivity index (χ0n) is 21.1. The molecule has 0 bridgehead atoms. The van der Waals surface area contributed by atoms with Crippen molar-refractivity contribution in [1.29, 1.82) is 0 Å². The topological polar surface area (TPSA) is 154 Å². The first-order valence-electron chi connectivity index (χ1n) is 12.0. The third kappa shape index (κ3) is 6.53. The molecule has 2 aromatic carbocycles. The van der Waals surface area contributed by atoms with Crippen LogP contribution in [0.3, 0.4) is 0 Å². The van der Waals surface area contributed by atoms with Crippen LogP contribution in [0.1, 0.15) is 32.3 Å². The average molecular weight is 553 g/mol. The number of primary sulfonamides is 1. The SMILES string of the molecule is CCOc1cc(CN2CCC(Nc3nc4cc(S(N)(=O)=O)ccc4o3)CC2)cc(OCC)c1S(C)(=O)=O. The first kappa shape index (κ1) is 27.2. The van der Waals surface area contributed by atoms with E-state index < -0.39 is 19.9 Å². The van der Waals surface area contributed by atoms with E-state index in [1.807, 2.05) is 13.8 Å². The summed E-state index contributed by atoms with van der Waals surface area (Å²) in [6, 6.07) is 8.34. The number of rotatable bonds is 10. The molecule has 0 saturated carbocycles. The summed E-state index contributed by atoms with van der Waals surface area (Å²) >= 11 is 0. The zero-order valence-corrected chi connectivity index (χ0v) is 22.7. The number of sulfonamides is 1. The first-order chi connectivity index (χ1) is 17.5. The van der Waals surface area contributed by atoms with Gasteiger partial charge in [-0.1, -0.05) is 0 Å². The molecular weight excluding hydrogens is 520 g/mol. The molecule has 37 heavy (non-hydrogen) atoms. The second kappa shape index (κ2) is 10.9. The number of piperidine rings is 1. The van der Waals surface area contributed by atoms with E-state index in [0.29, 0.717) is 48.4 Å². The van der Waals surface area contributed by atoms with Gasteiger partial charge in [-0.2, -0.15) is 4.98 Å². The Balaban J connectivity index is 1.42. The van der Waals surface area contributed by atoms with Gasteiger partial charge in [0.25, 0.3) is 6.01 Å². The van der Waals surface area contributed by atoms with E-state index >= 15 is 0 Å². The van der Waals surface area contributed by atoms with Crippen molar-refractivity contribution in [3.8, 4) is 11.5 Å². The molecule has 3 aromatic rings. The van der Waals surface area contributed by atoms with E-state index in [1.165, 1.54) is 18.2 Å². The lowest BCUT2D eigenvalue weighted by molar-refractivity contribution is 0.209. The molecule has 13 heteroatoms. The maximum absolute atomic E-state index is 12.4. The minimum atomic E-state index is -3.82. The van der Waals surface area contributed by atoms with Crippen molar-refractivity contribution in [2.24, 2.45) is 5.14 Å². The number of aromatic nitrogens is 1. The van der Waals surface area contributed by atoms with Gasteiger partial charge in [-0.25, -0.2) is 22.0 Å². The van der Waals surface area contributed by atoms with Crippen molar-refractivity contribution < 1.29 is 30.7 Å². The van der Waals surface area contributed by atoms with E-state index in [2.05, 4.69) is 15.2 Å². The summed E-state index contributed by atoms with van der Waals surface area (Å²) in [5.41, 5.74) is 1.80. The first-order valence-corrected chi connectivity index (χ1v) is 15.5. The summed E-state index contributed by atoms with van der Waals surface area (Å²) in [5.74, 6) is 0.619. The minimum Gasteiger partial charge on any atom is -0.492 e. The van der Waals surface area contributed by atoms with Gasteiger partial charge in [-0.3, -0.25) is 4.90 Å². The summed E-state index contributed by atoms with van der Waals surface area (Å²) in [6.07, 6.45) is 2.82. The van der Waals surface area contributed by atoms with Crippen LogP contribution in [0.2, 0.25) is 0 Å². The molecule has 0 atom stereocenters. The molecule has 1 aromatic heterocycles. The number of nitrogens with one attached hydrogen (secondary N) is 1. The average Bonchev–Trinajstić information content (AvgIpc) is 3.21. The van der Waals surface area contributed by atoms with E-state index in [9.17, 15) is 16.8 Å². The van der Waals surface area contributed by atoms with Gasteiger partial charge in [0, 0.05) is 31.9 Å². The fourth-order valence-corrected chi connectivity index (χ4v) is 5.93. The Labute approximate surface area is 216 Å². The highest BCUT2D eigenvalue weighted by Crippen LogP contribution is 2.36. The Bertz CT molecular complexity index is 1450. The number of likely N-dealkylation sites (tertiary alicyclic amines) is 1. The van der Waals surface area contributed by atoms with Gasteiger partial charge >= 0.3 is 0 Å². The number of ether oxygens (including phenoxy) is 2. The number of benzene rings is 2. The maximum Gasteiger partial charge on any atom is 0.295 e. The van der Waals surface area contributed by atoms with Gasteiger partial charge in [0.2, 0.25) is 10.0 Å². The lowest BCUT2D eigenvalue weighted by Crippen LogP contribution is -2.38. The third-order valence-corrected chi connectivity index (χ3v) is 8.11. The lowest BCUT2D eigenvalue weighted by Gasteiger charge is -2.32. The summed E-state index contributed by atoms with van der Waals surface area (Å²) in [7, 11) is -7.36. The maximum atomic E-state index is 12.4. The Kier molecular flexibility index (Phi) is 7.97. The van der Waals surface area contributed by atoms with E-state index in [0.717, 1.165) is 37.8 Å². The van der Waals surface area contributed by atoms with Gasteiger partial charge in [-0.15, -0.1) is 0 Å². The number of nitrogens with zero attached hydrogens (tertiary/aromatic N) is 2. The molecular formula is C24H32N4O7S2. The highest BCUT2D eigenvalue weighted by atomic mass is 32.2. The van der Waals surface area contributed by atoms with Crippen molar-refractivity contribution in [2.75, 3.05) is 37.9 Å². The molecule has 1 aliphatic rings. The predicted molar refractivity (Wildman–Crippen MR) is 139 cm³/mol. The fourth-order valence-electron chi connectivity index (χ4n) is 4.43. The number of fused-ring (bicyclic) bond motifs is 1. The monoisotopic (exact) mass is 552 g/mol. The van der Waals surface area contributed by atoms with Gasteiger partial charge in [0.15, 0.2) is 20.3 Å². The number of hydrogen-bond acceptors (Lipinski definition) is 10. The number of nitrogens with two attached hydrogens (primary N) is 1. The minimum absolute atomic E-state index is 0.0160. The van der Waals surface area contributed by atoms with Crippen molar-refractivity contribution in [1.82, 2.24) is 9.88 Å². The Morgan fingerprint density at radius 2 is 1.68 bits per heavy atom. The molecule has 0 radical (unpaired) electrons. The van der Waals surface area contributed by atoms with Gasteiger partial charge in [-0.05, 0) is 62.6 Å². The van der Waals surface area contributed by atoms with Crippen LogP contribution in [0.4, 0.5) is 6.01 Å². The molecule has 1 saturated heterocycles. The van der Waals surface area contributed by atoms with E-state index in [4.69, 9.17) is 19.0 Å². The molecule has 3 N–H and O–H groups in total. The van der Waals surface area contributed by atoms with E-state index in [-0.39, 0.29) is 15.8 Å². The molecule has 202 valence electrons. The fraction of sp³-hybridized carbons (Fsp3) is 0.458. The summed E-state index contributed by atoms with van der Waals surface area (Å²) < 4.78 is 65.0. The lowest BCUT2D eigenvalue weighted by atomic mass is 10.0. The van der Waals surface area contributed by atoms with Crippen LogP contribution < -0.4 is 19.9 Å².